The van der Waals surface area contributed by atoms with Crippen LogP contribution in [0.15, 0.2) is 41.2 Å². The SMILES string of the molecule is Nc1ccc(Cl)c(-c2nc(-c3ncccn3)no2)c1. The highest BCUT2D eigenvalue weighted by atomic mass is 35.5. The second kappa shape index (κ2) is 4.66. The van der Waals surface area contributed by atoms with Crippen LogP contribution in [0.1, 0.15) is 0 Å². The van der Waals surface area contributed by atoms with Crippen molar-refractivity contribution in [2.24, 2.45) is 0 Å². The topological polar surface area (TPSA) is 90.7 Å². The Hall–Kier alpha value is -2.47. The Morgan fingerprint density at radius 3 is 2.68 bits per heavy atom. The Morgan fingerprint density at radius 1 is 1.11 bits per heavy atom. The molecule has 94 valence electrons. The van der Waals surface area contributed by atoms with Crippen LogP contribution in [-0.2, 0) is 0 Å². The zero-order valence-corrected chi connectivity index (χ0v) is 10.4. The lowest BCUT2D eigenvalue weighted by atomic mass is 10.2. The molecule has 0 unspecified atom stereocenters. The molecule has 0 aliphatic heterocycles. The molecule has 3 rings (SSSR count). The molecule has 3 aromatic rings. The minimum Gasteiger partial charge on any atom is -0.399 e. The maximum Gasteiger partial charge on any atom is 0.259 e. The lowest BCUT2D eigenvalue weighted by molar-refractivity contribution is 0.432. The van der Waals surface area contributed by atoms with E-state index in [4.69, 9.17) is 21.9 Å². The van der Waals surface area contributed by atoms with Crippen LogP contribution < -0.4 is 5.73 Å². The maximum atomic E-state index is 6.07. The number of nitrogens with two attached hydrogens (primary N) is 1. The average Bonchev–Trinajstić information content (AvgIpc) is 2.92. The standard InChI is InChI=1S/C12H8ClN5O/c13-9-3-2-7(14)6-8(9)12-17-11(18-19-12)10-15-4-1-5-16-10/h1-6H,14H2. The van der Waals surface area contributed by atoms with Crippen LogP contribution in [0.2, 0.25) is 5.02 Å². The molecule has 0 fully saturated rings. The van der Waals surface area contributed by atoms with Crippen molar-refractivity contribution in [3.8, 4) is 23.1 Å². The summed E-state index contributed by atoms with van der Waals surface area (Å²) in [4.78, 5) is 12.3. The van der Waals surface area contributed by atoms with Crippen molar-refractivity contribution in [2.45, 2.75) is 0 Å². The van der Waals surface area contributed by atoms with Crippen LogP contribution in [0.5, 0.6) is 0 Å². The van der Waals surface area contributed by atoms with E-state index < -0.39 is 0 Å². The lowest BCUT2D eigenvalue weighted by Gasteiger charge is -1.99. The summed E-state index contributed by atoms with van der Waals surface area (Å²) in [6.07, 6.45) is 3.21. The molecule has 0 saturated carbocycles. The van der Waals surface area contributed by atoms with E-state index in [1.54, 1.807) is 36.7 Å². The zero-order chi connectivity index (χ0) is 13.2. The van der Waals surface area contributed by atoms with E-state index in [0.29, 0.717) is 27.9 Å². The van der Waals surface area contributed by atoms with Gasteiger partial charge in [0.05, 0.1) is 10.6 Å². The number of aromatic nitrogens is 4. The summed E-state index contributed by atoms with van der Waals surface area (Å²) in [5.41, 5.74) is 6.85. The summed E-state index contributed by atoms with van der Waals surface area (Å²) in [7, 11) is 0. The Kier molecular flexibility index (Phi) is 2.85. The van der Waals surface area contributed by atoms with Crippen LogP contribution in [0.3, 0.4) is 0 Å². The van der Waals surface area contributed by atoms with Crippen molar-refractivity contribution in [3.63, 3.8) is 0 Å². The van der Waals surface area contributed by atoms with Gasteiger partial charge in [-0.05, 0) is 24.3 Å². The molecule has 0 saturated heterocycles. The molecule has 0 spiro atoms. The first-order valence-corrected chi connectivity index (χ1v) is 5.78. The molecule has 0 bridgehead atoms. The molecule has 0 aliphatic rings. The van der Waals surface area contributed by atoms with Crippen LogP contribution in [0.4, 0.5) is 5.69 Å². The first kappa shape index (κ1) is 11.6. The Balaban J connectivity index is 2.04. The quantitative estimate of drug-likeness (QED) is 0.721. The third kappa shape index (κ3) is 2.25. The van der Waals surface area contributed by atoms with E-state index in [-0.39, 0.29) is 5.89 Å². The van der Waals surface area contributed by atoms with Gasteiger partial charge in [-0.25, -0.2) is 9.97 Å². The van der Waals surface area contributed by atoms with E-state index >= 15 is 0 Å². The molecule has 2 aromatic heterocycles. The zero-order valence-electron chi connectivity index (χ0n) is 9.62. The summed E-state index contributed by atoms with van der Waals surface area (Å²) in [5.74, 6) is 0.964. The average molecular weight is 274 g/mol. The number of rotatable bonds is 2. The van der Waals surface area contributed by atoms with Crippen molar-refractivity contribution < 1.29 is 4.52 Å². The summed E-state index contributed by atoms with van der Waals surface area (Å²) >= 11 is 6.07. The van der Waals surface area contributed by atoms with Gasteiger partial charge in [0.15, 0.2) is 0 Å². The Bertz CT molecular complexity index is 713. The van der Waals surface area contributed by atoms with Gasteiger partial charge >= 0.3 is 0 Å². The molecule has 19 heavy (non-hydrogen) atoms. The molecular formula is C12H8ClN5O. The van der Waals surface area contributed by atoms with E-state index in [2.05, 4.69) is 20.1 Å². The van der Waals surface area contributed by atoms with Crippen LogP contribution in [0.25, 0.3) is 23.1 Å². The number of nitrogen functional groups attached to an aromatic ring is 1. The molecule has 0 atom stereocenters. The van der Waals surface area contributed by atoms with E-state index in [1.807, 2.05) is 0 Å². The Labute approximate surface area is 113 Å². The number of halogens is 1. The van der Waals surface area contributed by atoms with Gasteiger partial charge in [-0.2, -0.15) is 4.98 Å². The number of hydrogen-bond acceptors (Lipinski definition) is 6. The highest BCUT2D eigenvalue weighted by Crippen LogP contribution is 2.29. The third-order valence-electron chi connectivity index (χ3n) is 2.41. The molecular weight excluding hydrogens is 266 g/mol. The summed E-state index contributed by atoms with van der Waals surface area (Å²) in [6.45, 7) is 0. The van der Waals surface area contributed by atoms with E-state index in [9.17, 15) is 0 Å². The number of nitrogens with zero attached hydrogens (tertiary/aromatic N) is 4. The predicted molar refractivity (Wildman–Crippen MR) is 70.2 cm³/mol. The minimum absolute atomic E-state index is 0.278. The molecule has 0 aliphatic carbocycles. The normalized spacial score (nSPS) is 10.6. The van der Waals surface area contributed by atoms with Crippen molar-refractivity contribution in [3.05, 3.63) is 41.7 Å². The van der Waals surface area contributed by atoms with Gasteiger partial charge in [-0.15, -0.1) is 0 Å². The minimum atomic E-state index is 0.278. The van der Waals surface area contributed by atoms with Crippen molar-refractivity contribution in [1.82, 2.24) is 20.1 Å². The molecule has 1 aromatic carbocycles. The van der Waals surface area contributed by atoms with E-state index in [0.717, 1.165) is 0 Å². The number of hydrogen-bond donors (Lipinski definition) is 1. The number of anilines is 1. The van der Waals surface area contributed by atoms with Crippen LogP contribution in [-0.4, -0.2) is 20.1 Å². The van der Waals surface area contributed by atoms with Gasteiger partial charge in [0, 0.05) is 18.1 Å². The fourth-order valence-electron chi connectivity index (χ4n) is 1.55. The van der Waals surface area contributed by atoms with Crippen LogP contribution in [0, 0.1) is 0 Å². The van der Waals surface area contributed by atoms with Gasteiger partial charge < -0.3 is 10.3 Å². The summed E-state index contributed by atoms with van der Waals surface area (Å²) in [5, 5.41) is 4.31. The monoisotopic (exact) mass is 273 g/mol. The predicted octanol–water partition coefficient (Wildman–Crippen LogP) is 2.43. The highest BCUT2D eigenvalue weighted by molar-refractivity contribution is 6.33. The Morgan fingerprint density at radius 2 is 1.89 bits per heavy atom. The van der Waals surface area contributed by atoms with Gasteiger partial charge in [-0.3, -0.25) is 0 Å². The van der Waals surface area contributed by atoms with Gasteiger partial charge in [-0.1, -0.05) is 16.8 Å². The number of benzene rings is 1. The first-order chi connectivity index (χ1) is 9.24. The summed E-state index contributed by atoms with van der Waals surface area (Å²) in [6, 6.07) is 6.75. The third-order valence-corrected chi connectivity index (χ3v) is 2.74. The molecule has 0 amide bonds. The molecule has 0 radical (unpaired) electrons. The highest BCUT2D eigenvalue weighted by Gasteiger charge is 2.14. The van der Waals surface area contributed by atoms with Crippen molar-refractivity contribution in [2.75, 3.05) is 5.73 Å². The first-order valence-electron chi connectivity index (χ1n) is 5.40. The lowest BCUT2D eigenvalue weighted by Crippen LogP contribution is -1.89. The van der Waals surface area contributed by atoms with Gasteiger partial charge in [0.2, 0.25) is 11.6 Å². The second-order valence-electron chi connectivity index (χ2n) is 3.73. The van der Waals surface area contributed by atoms with Gasteiger partial charge in [0.1, 0.15) is 0 Å². The molecule has 2 heterocycles. The molecule has 6 nitrogen and oxygen atoms in total. The van der Waals surface area contributed by atoms with Crippen molar-refractivity contribution >= 4 is 17.3 Å². The second-order valence-corrected chi connectivity index (χ2v) is 4.14. The largest absolute Gasteiger partial charge is 0.399 e. The van der Waals surface area contributed by atoms with Crippen molar-refractivity contribution in [1.29, 1.82) is 0 Å². The van der Waals surface area contributed by atoms with Crippen LogP contribution >= 0.6 is 11.6 Å². The smallest absolute Gasteiger partial charge is 0.259 e. The van der Waals surface area contributed by atoms with Gasteiger partial charge in [0.25, 0.3) is 5.89 Å². The fourth-order valence-corrected chi connectivity index (χ4v) is 1.74. The van der Waals surface area contributed by atoms with E-state index in [1.165, 1.54) is 0 Å². The fraction of sp³-hybridized carbons (Fsp3) is 0. The molecule has 7 heteroatoms. The molecule has 2 N–H and O–H groups in total. The summed E-state index contributed by atoms with van der Waals surface area (Å²) < 4.78 is 5.16. The maximum absolute atomic E-state index is 6.07.